The van der Waals surface area contributed by atoms with Gasteiger partial charge >= 0.3 is 11.6 Å². The van der Waals surface area contributed by atoms with Crippen molar-refractivity contribution in [2.24, 2.45) is 0 Å². The fourth-order valence-corrected chi connectivity index (χ4v) is 2.63. The molecule has 3 rings (SSSR count). The third kappa shape index (κ3) is 4.27. The number of anilines is 1. The zero-order valence-electron chi connectivity index (χ0n) is 13.2. The zero-order valence-corrected chi connectivity index (χ0v) is 15.6. The Bertz CT molecular complexity index is 938. The molecule has 0 radical (unpaired) electrons. The van der Waals surface area contributed by atoms with E-state index in [1.807, 2.05) is 18.2 Å². The van der Waals surface area contributed by atoms with Gasteiger partial charge in [0.2, 0.25) is 5.82 Å². The van der Waals surface area contributed by atoms with Crippen LogP contribution in [-0.4, -0.2) is 14.9 Å². The van der Waals surface area contributed by atoms with Crippen molar-refractivity contribution in [2.75, 3.05) is 5.32 Å². The molecule has 0 aliphatic carbocycles. The molecule has 0 unspecified atom stereocenters. The summed E-state index contributed by atoms with van der Waals surface area (Å²) in [7, 11) is 0. The molecule has 0 amide bonds. The molecule has 0 bridgehead atoms. The predicted molar refractivity (Wildman–Crippen MR) is 102 cm³/mol. The molecule has 0 saturated carbocycles. The van der Waals surface area contributed by atoms with Crippen LogP contribution in [-0.2, 0) is 6.54 Å². The second-order valence-electron chi connectivity index (χ2n) is 5.13. The number of hydrogen-bond acceptors (Lipinski definition) is 6. The Morgan fingerprint density at radius 3 is 2.58 bits per heavy atom. The van der Waals surface area contributed by atoms with Gasteiger partial charge in [0, 0.05) is 16.0 Å². The van der Waals surface area contributed by atoms with Crippen molar-refractivity contribution in [3.63, 3.8) is 0 Å². The van der Waals surface area contributed by atoms with Crippen molar-refractivity contribution < 1.29 is 9.66 Å². The van der Waals surface area contributed by atoms with Gasteiger partial charge < -0.3 is 10.1 Å². The first kappa shape index (κ1) is 18.1. The Morgan fingerprint density at radius 2 is 1.88 bits per heavy atom. The van der Waals surface area contributed by atoms with E-state index in [1.165, 1.54) is 6.33 Å². The molecule has 1 aromatic heterocycles. The number of benzene rings is 2. The van der Waals surface area contributed by atoms with E-state index >= 15 is 0 Å². The molecular weight excluding hydrogens is 424 g/mol. The normalized spacial score (nSPS) is 10.4. The summed E-state index contributed by atoms with van der Waals surface area (Å²) < 4.78 is 6.43. The first-order valence-electron chi connectivity index (χ1n) is 7.44. The number of nitrogens with one attached hydrogen (secondary N) is 1. The lowest BCUT2D eigenvalue weighted by molar-refractivity contribution is -0.385. The highest BCUT2D eigenvalue weighted by Crippen LogP contribution is 2.34. The van der Waals surface area contributed by atoms with E-state index in [9.17, 15) is 10.1 Å². The Balaban J connectivity index is 1.87. The minimum Gasteiger partial charge on any atom is -0.434 e. The Labute approximate surface area is 162 Å². The second-order valence-corrected chi connectivity index (χ2v) is 6.46. The number of nitro groups is 1. The van der Waals surface area contributed by atoms with Gasteiger partial charge in [-0.25, -0.2) is 4.98 Å². The SMILES string of the molecule is O=[N+]([O-])c1c(NCc2ccccc2Cl)ncnc1Oc1ccc(Br)cc1. The Hall–Kier alpha value is -2.71. The van der Waals surface area contributed by atoms with E-state index in [0.717, 1.165) is 10.0 Å². The van der Waals surface area contributed by atoms with Crippen LogP contribution < -0.4 is 10.1 Å². The highest BCUT2D eigenvalue weighted by Gasteiger charge is 2.25. The smallest absolute Gasteiger partial charge is 0.373 e. The van der Waals surface area contributed by atoms with Gasteiger partial charge in [-0.05, 0) is 35.9 Å². The lowest BCUT2D eigenvalue weighted by Crippen LogP contribution is -2.07. The molecule has 0 atom stereocenters. The maximum atomic E-state index is 11.5. The van der Waals surface area contributed by atoms with Crippen molar-refractivity contribution in [3.05, 3.63) is 80.0 Å². The average molecular weight is 436 g/mol. The van der Waals surface area contributed by atoms with Crippen LogP contribution in [0.15, 0.2) is 59.3 Å². The summed E-state index contributed by atoms with van der Waals surface area (Å²) in [5.41, 5.74) is 0.444. The molecule has 1 heterocycles. The highest BCUT2D eigenvalue weighted by atomic mass is 79.9. The van der Waals surface area contributed by atoms with Gasteiger partial charge in [-0.3, -0.25) is 10.1 Å². The predicted octanol–water partition coefficient (Wildman–Crippen LogP) is 5.21. The molecular formula is C17H12BrClN4O3. The molecule has 0 aliphatic heterocycles. The van der Waals surface area contributed by atoms with Crippen LogP contribution in [0.2, 0.25) is 5.02 Å². The molecule has 0 aliphatic rings. The van der Waals surface area contributed by atoms with Crippen LogP contribution >= 0.6 is 27.5 Å². The van der Waals surface area contributed by atoms with Crippen LogP contribution in [0.5, 0.6) is 11.6 Å². The molecule has 0 fully saturated rings. The quantitative estimate of drug-likeness (QED) is 0.422. The molecule has 26 heavy (non-hydrogen) atoms. The molecule has 2 aromatic carbocycles. The Morgan fingerprint density at radius 1 is 1.15 bits per heavy atom. The number of ether oxygens (including phenoxy) is 1. The number of hydrogen-bond donors (Lipinski definition) is 1. The van der Waals surface area contributed by atoms with Gasteiger partial charge in [0.1, 0.15) is 12.1 Å². The van der Waals surface area contributed by atoms with Crippen LogP contribution in [0.1, 0.15) is 5.56 Å². The fourth-order valence-electron chi connectivity index (χ4n) is 2.17. The van der Waals surface area contributed by atoms with Crippen molar-refractivity contribution in [1.29, 1.82) is 0 Å². The number of aromatic nitrogens is 2. The third-order valence-corrected chi connectivity index (χ3v) is 4.30. The van der Waals surface area contributed by atoms with Crippen LogP contribution in [0, 0.1) is 10.1 Å². The van der Waals surface area contributed by atoms with Crippen molar-refractivity contribution in [3.8, 4) is 11.6 Å². The molecule has 9 heteroatoms. The van der Waals surface area contributed by atoms with Gasteiger partial charge in [-0.15, -0.1) is 0 Å². The summed E-state index contributed by atoms with van der Waals surface area (Å²) in [6.07, 6.45) is 1.20. The van der Waals surface area contributed by atoms with Gasteiger partial charge in [0.25, 0.3) is 0 Å². The first-order valence-corrected chi connectivity index (χ1v) is 8.62. The second kappa shape index (κ2) is 8.11. The summed E-state index contributed by atoms with van der Waals surface area (Å²) in [4.78, 5) is 18.8. The molecule has 7 nitrogen and oxygen atoms in total. The monoisotopic (exact) mass is 434 g/mol. The van der Waals surface area contributed by atoms with E-state index < -0.39 is 4.92 Å². The lowest BCUT2D eigenvalue weighted by Gasteiger charge is -2.10. The number of halogens is 2. The molecule has 0 saturated heterocycles. The first-order chi connectivity index (χ1) is 12.5. The minimum atomic E-state index is -0.580. The highest BCUT2D eigenvalue weighted by molar-refractivity contribution is 9.10. The van der Waals surface area contributed by atoms with E-state index in [-0.39, 0.29) is 23.9 Å². The summed E-state index contributed by atoms with van der Waals surface area (Å²) in [5.74, 6) is 0.332. The molecule has 1 N–H and O–H groups in total. The van der Waals surface area contributed by atoms with E-state index in [1.54, 1.807) is 30.3 Å². The van der Waals surface area contributed by atoms with Crippen LogP contribution in [0.4, 0.5) is 11.5 Å². The van der Waals surface area contributed by atoms with E-state index in [2.05, 4.69) is 31.2 Å². The average Bonchev–Trinajstić information content (AvgIpc) is 2.63. The topological polar surface area (TPSA) is 90.2 Å². The van der Waals surface area contributed by atoms with E-state index in [4.69, 9.17) is 16.3 Å². The largest absolute Gasteiger partial charge is 0.434 e. The molecule has 132 valence electrons. The van der Waals surface area contributed by atoms with Crippen molar-refractivity contribution in [1.82, 2.24) is 9.97 Å². The van der Waals surface area contributed by atoms with Gasteiger partial charge in [-0.1, -0.05) is 45.7 Å². The Kier molecular flexibility index (Phi) is 5.65. The summed E-state index contributed by atoms with van der Waals surface area (Å²) >= 11 is 9.43. The third-order valence-electron chi connectivity index (χ3n) is 3.40. The van der Waals surface area contributed by atoms with Crippen LogP contribution in [0.25, 0.3) is 0 Å². The van der Waals surface area contributed by atoms with Crippen molar-refractivity contribution in [2.45, 2.75) is 6.54 Å². The van der Waals surface area contributed by atoms with Crippen molar-refractivity contribution >= 4 is 39.0 Å². The maximum absolute atomic E-state index is 11.5. The van der Waals surface area contributed by atoms with E-state index in [0.29, 0.717) is 10.8 Å². The summed E-state index contributed by atoms with van der Waals surface area (Å²) in [5, 5.41) is 15.0. The van der Waals surface area contributed by atoms with Gasteiger partial charge in [0.15, 0.2) is 0 Å². The maximum Gasteiger partial charge on any atom is 0.373 e. The summed E-state index contributed by atoms with van der Waals surface area (Å²) in [6.45, 7) is 0.273. The number of rotatable bonds is 6. The zero-order chi connectivity index (χ0) is 18.5. The molecule has 0 spiro atoms. The fraction of sp³-hybridized carbons (Fsp3) is 0.0588. The standard InChI is InChI=1S/C17H12BrClN4O3/c18-12-5-7-13(8-6-12)26-17-15(23(24)25)16(21-10-22-17)20-9-11-3-1-2-4-14(11)19/h1-8,10H,9H2,(H,20,21,22). The van der Waals surface area contributed by atoms with Gasteiger partial charge in [0.05, 0.1) is 4.92 Å². The summed E-state index contributed by atoms with van der Waals surface area (Å²) in [6, 6.07) is 14.1. The van der Waals surface area contributed by atoms with Crippen LogP contribution in [0.3, 0.4) is 0 Å². The lowest BCUT2D eigenvalue weighted by atomic mass is 10.2. The van der Waals surface area contributed by atoms with Gasteiger partial charge in [-0.2, -0.15) is 4.98 Å². The number of nitrogens with zero attached hydrogens (tertiary/aromatic N) is 3. The minimum absolute atomic E-state index is 0.0528. The molecule has 3 aromatic rings.